The molecule has 5 heterocycles. The number of benzene rings is 8. The zero-order chi connectivity index (χ0) is 45.0. The van der Waals surface area contributed by atoms with Gasteiger partial charge in [0.05, 0.1) is 11.3 Å². The van der Waals surface area contributed by atoms with E-state index in [1.165, 1.54) is 27.0 Å². The van der Waals surface area contributed by atoms with Gasteiger partial charge in [-0.2, -0.15) is 0 Å². The van der Waals surface area contributed by atoms with Gasteiger partial charge in [-0.3, -0.25) is 9.97 Å². The minimum absolute atomic E-state index is 0.496. The van der Waals surface area contributed by atoms with Crippen molar-refractivity contribution in [1.82, 2.24) is 24.9 Å². The normalized spacial score (nSPS) is 11.5. The van der Waals surface area contributed by atoms with Crippen LogP contribution in [0, 0.1) is 0 Å². The van der Waals surface area contributed by atoms with Crippen molar-refractivity contribution in [2.24, 2.45) is 0 Å². The Morgan fingerprint density at radius 2 is 0.897 bits per heavy atom. The largest absolute Gasteiger partial charge is 0.455 e. The lowest BCUT2D eigenvalue weighted by Crippen LogP contribution is -2.01. The van der Waals surface area contributed by atoms with E-state index in [-0.39, 0.29) is 0 Å². The van der Waals surface area contributed by atoms with Gasteiger partial charge in [0.2, 0.25) is 0 Å². The lowest BCUT2D eigenvalue weighted by atomic mass is 9.93. The lowest BCUT2D eigenvalue weighted by Gasteiger charge is -2.12. The van der Waals surface area contributed by atoms with Crippen LogP contribution in [0.4, 0.5) is 0 Å². The van der Waals surface area contributed by atoms with Gasteiger partial charge in [0.1, 0.15) is 11.2 Å². The van der Waals surface area contributed by atoms with Gasteiger partial charge < -0.3 is 4.42 Å². The highest BCUT2D eigenvalue weighted by atomic mass is 32.1. The third-order valence-corrected chi connectivity index (χ3v) is 14.0. The molecule has 0 radical (unpaired) electrons. The Bertz CT molecular complexity index is 4010. The summed E-state index contributed by atoms with van der Waals surface area (Å²) in [4.78, 5) is 25.6. The summed E-state index contributed by atoms with van der Waals surface area (Å²) in [6, 6.07) is 71.7. The molecule has 0 saturated carbocycles. The summed E-state index contributed by atoms with van der Waals surface area (Å²) < 4.78 is 9.33. The minimum atomic E-state index is 0.496. The van der Waals surface area contributed by atoms with Crippen molar-refractivity contribution < 1.29 is 4.42 Å². The Hall–Kier alpha value is -8.91. The van der Waals surface area contributed by atoms with E-state index in [0.717, 1.165) is 82.0 Å². The number of hydrogen-bond acceptors (Lipinski definition) is 7. The van der Waals surface area contributed by atoms with Crippen molar-refractivity contribution in [3.8, 4) is 89.9 Å². The summed E-state index contributed by atoms with van der Waals surface area (Å²) in [5, 5.41) is 4.23. The van der Waals surface area contributed by atoms with Crippen LogP contribution in [0.25, 0.3) is 132 Å². The molecule has 7 heteroatoms. The van der Waals surface area contributed by atoms with E-state index >= 15 is 0 Å². The highest BCUT2D eigenvalue weighted by molar-refractivity contribution is 7.26. The number of pyridine rings is 2. The number of aromatic nitrogens is 5. The van der Waals surface area contributed by atoms with Crippen molar-refractivity contribution in [1.29, 1.82) is 0 Å². The van der Waals surface area contributed by atoms with Crippen LogP contribution >= 0.6 is 11.3 Å². The Balaban J connectivity index is 1.10. The summed E-state index contributed by atoms with van der Waals surface area (Å²) in [5.74, 6) is 1.61. The quantitative estimate of drug-likeness (QED) is 0.151. The van der Waals surface area contributed by atoms with Crippen LogP contribution in [-0.2, 0) is 0 Å². The highest BCUT2D eigenvalue weighted by Crippen LogP contribution is 2.48. The van der Waals surface area contributed by atoms with Crippen molar-refractivity contribution in [2.75, 3.05) is 0 Å². The zero-order valence-corrected chi connectivity index (χ0v) is 37.2. The molecular weight excluding hydrogens is 851 g/mol. The molecule has 0 aliphatic carbocycles. The maximum Gasteiger partial charge on any atom is 0.167 e. The summed E-state index contributed by atoms with van der Waals surface area (Å²) in [7, 11) is 0. The predicted octanol–water partition coefficient (Wildman–Crippen LogP) is 16.3. The molecule has 13 rings (SSSR count). The Morgan fingerprint density at radius 1 is 0.324 bits per heavy atom. The maximum absolute atomic E-state index is 7.06. The van der Waals surface area contributed by atoms with Crippen LogP contribution < -0.4 is 0 Å². The highest BCUT2D eigenvalue weighted by Gasteiger charge is 2.24. The number of furan rings is 1. The zero-order valence-electron chi connectivity index (χ0n) is 36.4. The molecule has 68 heavy (non-hydrogen) atoms. The molecule has 5 aromatic heterocycles. The SMILES string of the molecule is c1ccc(-c2nc(-c3cc(-c4ccccn4)cc4c3oc3c(-c5ccccc5)cccc34)nc(-c3cc(-c4cccnc4)cc4c3sc3c(-c5ccccc5-c5ccccc5)cccc34)n2)cc1. The molecule has 0 atom stereocenters. The standard InChI is InChI=1S/C61H37N5OS/c1-4-17-38(18-5-1)44-24-10-11-25-46(44)48-28-15-29-49-51-33-42(41-23-16-31-62-37-41)34-53(58(51)68-57(48)49)61-65-59(40-21-8-3-9-22-40)64-60(66-61)52-36-43(54-30-12-13-32-63-54)35-50-47-27-14-26-45(55(47)67-56(50)52)39-19-6-2-7-20-39/h1-37H. The molecule has 0 N–H and O–H groups in total. The second-order valence-corrected chi connectivity index (χ2v) is 17.8. The van der Waals surface area contributed by atoms with E-state index in [0.29, 0.717) is 23.1 Å². The fourth-order valence-corrected chi connectivity index (χ4v) is 10.8. The topological polar surface area (TPSA) is 77.6 Å². The van der Waals surface area contributed by atoms with Gasteiger partial charge >= 0.3 is 0 Å². The fraction of sp³-hybridized carbons (Fsp3) is 0. The molecule has 13 aromatic rings. The molecule has 0 spiro atoms. The van der Waals surface area contributed by atoms with Crippen molar-refractivity contribution in [2.45, 2.75) is 0 Å². The third-order valence-electron chi connectivity index (χ3n) is 12.7. The van der Waals surface area contributed by atoms with E-state index in [9.17, 15) is 0 Å². The van der Waals surface area contributed by atoms with Crippen molar-refractivity contribution in [3.63, 3.8) is 0 Å². The minimum Gasteiger partial charge on any atom is -0.455 e. The Labute approximate surface area is 395 Å². The Kier molecular flexibility index (Phi) is 9.58. The van der Waals surface area contributed by atoms with Gasteiger partial charge in [0.15, 0.2) is 17.5 Å². The molecule has 0 saturated heterocycles. The van der Waals surface area contributed by atoms with Crippen LogP contribution in [-0.4, -0.2) is 24.9 Å². The van der Waals surface area contributed by atoms with Gasteiger partial charge in [-0.15, -0.1) is 11.3 Å². The van der Waals surface area contributed by atoms with Crippen LogP contribution in [0.5, 0.6) is 0 Å². The van der Waals surface area contributed by atoms with E-state index in [1.54, 1.807) is 11.3 Å². The number of rotatable bonds is 8. The van der Waals surface area contributed by atoms with Gasteiger partial charge in [0.25, 0.3) is 0 Å². The number of hydrogen-bond donors (Lipinski definition) is 0. The smallest absolute Gasteiger partial charge is 0.167 e. The van der Waals surface area contributed by atoms with E-state index < -0.39 is 0 Å². The maximum atomic E-state index is 7.06. The number of para-hydroxylation sites is 1. The fourth-order valence-electron chi connectivity index (χ4n) is 9.49. The first-order valence-electron chi connectivity index (χ1n) is 22.5. The van der Waals surface area contributed by atoms with Crippen LogP contribution in [0.3, 0.4) is 0 Å². The third kappa shape index (κ3) is 6.84. The molecule has 318 valence electrons. The molecular formula is C61H37N5OS. The van der Waals surface area contributed by atoms with Gasteiger partial charge in [0, 0.05) is 82.9 Å². The second-order valence-electron chi connectivity index (χ2n) is 16.8. The average molecular weight is 888 g/mol. The Morgan fingerprint density at radius 3 is 1.63 bits per heavy atom. The van der Waals surface area contributed by atoms with Crippen molar-refractivity contribution >= 4 is 53.4 Å². The number of nitrogens with zero attached hydrogens (tertiary/aromatic N) is 5. The van der Waals surface area contributed by atoms with E-state index in [4.69, 9.17) is 24.4 Å². The summed E-state index contributed by atoms with van der Waals surface area (Å²) in [6.07, 6.45) is 5.55. The predicted molar refractivity (Wildman–Crippen MR) is 279 cm³/mol. The molecule has 0 fully saturated rings. The average Bonchev–Trinajstić information content (AvgIpc) is 4.00. The monoisotopic (exact) mass is 887 g/mol. The number of fused-ring (bicyclic) bond motifs is 6. The first-order chi connectivity index (χ1) is 33.7. The van der Waals surface area contributed by atoms with Gasteiger partial charge in [-0.25, -0.2) is 15.0 Å². The van der Waals surface area contributed by atoms with Gasteiger partial charge in [-0.05, 0) is 70.3 Å². The molecule has 0 aliphatic heterocycles. The second kappa shape index (κ2) is 16.5. The molecule has 0 aliphatic rings. The summed E-state index contributed by atoms with van der Waals surface area (Å²) in [6.45, 7) is 0. The van der Waals surface area contributed by atoms with Gasteiger partial charge in [-0.1, -0.05) is 164 Å². The molecule has 0 unspecified atom stereocenters. The number of thiophene rings is 1. The van der Waals surface area contributed by atoms with Crippen molar-refractivity contribution in [3.05, 3.63) is 225 Å². The van der Waals surface area contributed by atoms with Crippen LogP contribution in [0.15, 0.2) is 229 Å². The molecule has 0 amide bonds. The molecule has 0 bridgehead atoms. The molecule has 6 nitrogen and oxygen atoms in total. The molecule has 8 aromatic carbocycles. The van der Waals surface area contributed by atoms with E-state index in [2.05, 4.69) is 151 Å². The lowest BCUT2D eigenvalue weighted by molar-refractivity contribution is 0.670. The first-order valence-corrected chi connectivity index (χ1v) is 23.4. The van der Waals surface area contributed by atoms with Crippen LogP contribution in [0.1, 0.15) is 0 Å². The van der Waals surface area contributed by atoms with E-state index in [1.807, 2.05) is 79.3 Å². The summed E-state index contributed by atoms with van der Waals surface area (Å²) in [5.41, 5.74) is 14.6. The van der Waals surface area contributed by atoms with Crippen LogP contribution in [0.2, 0.25) is 0 Å². The summed E-state index contributed by atoms with van der Waals surface area (Å²) >= 11 is 1.78. The first kappa shape index (κ1) is 39.5.